The van der Waals surface area contributed by atoms with E-state index in [-0.39, 0.29) is 5.04 Å². The molecule has 1 aromatic rings. The van der Waals surface area contributed by atoms with Gasteiger partial charge in [0.15, 0.2) is 14.6 Å². The number of rotatable bonds is 25. The minimum absolute atomic E-state index is 0.0318. The number of aldehydes is 1. The minimum Gasteiger partial charge on any atom is -0.408 e. The van der Waals surface area contributed by atoms with Gasteiger partial charge in [0.05, 0.1) is 12.7 Å². The molecule has 0 N–H and O–H groups in total. The van der Waals surface area contributed by atoms with Crippen LogP contribution >= 0.6 is 0 Å². The van der Waals surface area contributed by atoms with Crippen LogP contribution < -0.4 is 0 Å². The molecule has 1 aromatic carbocycles. The first-order valence-electron chi connectivity index (χ1n) is 16.2. The molecule has 0 aliphatic heterocycles. The van der Waals surface area contributed by atoms with Crippen LogP contribution in [0, 0.1) is 0 Å². The molecule has 4 nitrogen and oxygen atoms in total. The van der Waals surface area contributed by atoms with Crippen molar-refractivity contribution in [2.75, 3.05) is 6.61 Å². The van der Waals surface area contributed by atoms with Gasteiger partial charge in [-0.25, -0.2) is 0 Å². The average molecular weight is 575 g/mol. The number of hydrogen-bond donors (Lipinski definition) is 0. The zero-order valence-electron chi connectivity index (χ0n) is 26.9. The lowest BCUT2D eigenvalue weighted by atomic mass is 10.0. The van der Waals surface area contributed by atoms with E-state index in [1.165, 1.54) is 77.0 Å². The van der Waals surface area contributed by atoms with Crippen molar-refractivity contribution >= 4 is 14.6 Å². The van der Waals surface area contributed by atoms with Gasteiger partial charge in [0.25, 0.3) is 0 Å². The highest BCUT2D eigenvalue weighted by Crippen LogP contribution is 2.38. The van der Waals surface area contributed by atoms with Gasteiger partial charge in [-0.1, -0.05) is 148 Å². The second-order valence-corrected chi connectivity index (χ2v) is 17.7. The fourth-order valence-electron chi connectivity index (χ4n) is 4.64. The van der Waals surface area contributed by atoms with Gasteiger partial charge in [-0.3, -0.25) is 0 Å². The summed E-state index contributed by atoms with van der Waals surface area (Å²) >= 11 is 0. The smallest absolute Gasteiger partial charge is 0.193 e. The number of benzene rings is 1. The van der Waals surface area contributed by atoms with E-state index < -0.39 is 26.6 Å². The molecule has 0 aliphatic rings. The highest BCUT2D eigenvalue weighted by atomic mass is 28.4. The van der Waals surface area contributed by atoms with Gasteiger partial charge in [-0.15, -0.1) is 6.58 Å². The predicted octanol–water partition coefficient (Wildman–Crippen LogP) is 10.2. The monoisotopic (exact) mass is 574 g/mol. The molecule has 0 bridgehead atoms. The van der Waals surface area contributed by atoms with Crippen LogP contribution in [0.1, 0.15) is 123 Å². The van der Waals surface area contributed by atoms with Crippen LogP contribution in [0.15, 0.2) is 43.0 Å². The van der Waals surface area contributed by atoms with Crippen molar-refractivity contribution in [3.63, 3.8) is 0 Å². The van der Waals surface area contributed by atoms with Gasteiger partial charge in [0, 0.05) is 6.61 Å². The average Bonchev–Trinajstić information content (AvgIpc) is 2.93. The molecule has 0 radical (unpaired) electrons. The molecule has 0 saturated heterocycles. The number of hydrogen-bond acceptors (Lipinski definition) is 4. The Balaban J connectivity index is 2.48. The molecule has 230 valence electrons. The molecule has 5 heteroatoms. The van der Waals surface area contributed by atoms with Crippen molar-refractivity contribution < 1.29 is 18.7 Å². The summed E-state index contributed by atoms with van der Waals surface area (Å²) in [6.45, 7) is 18.3. The van der Waals surface area contributed by atoms with E-state index in [1.54, 1.807) is 6.08 Å². The van der Waals surface area contributed by atoms with Crippen molar-refractivity contribution in [3.05, 3.63) is 48.6 Å². The number of carbonyl (C=O) groups is 1. The molecule has 3 atom stereocenters. The summed E-state index contributed by atoms with van der Waals surface area (Å²) < 4.78 is 19.1. The van der Waals surface area contributed by atoms with Crippen LogP contribution in [0.25, 0.3) is 0 Å². The van der Waals surface area contributed by atoms with Crippen LogP contribution in [0.3, 0.4) is 0 Å². The van der Waals surface area contributed by atoms with E-state index in [0.717, 1.165) is 24.7 Å². The van der Waals surface area contributed by atoms with Gasteiger partial charge in [0.1, 0.15) is 12.2 Å². The summed E-state index contributed by atoms with van der Waals surface area (Å²) in [5.41, 5.74) is 1.05. The maximum Gasteiger partial charge on any atom is 0.193 e. The standard InChI is InChI=1S/C35H62O4Si/c1-8-10-11-12-13-14-15-16-17-18-19-20-21-25-28-37-33(29-36)34(38-30-31-26-23-22-24-27-31)32(9-2)39-40(6,7)35(3,4)5/h9,22-24,26-27,29,32-34H,2,8,10-21,25,28,30H2,1,3-7H3/t32-,33+,34+/m1/s1. The highest BCUT2D eigenvalue weighted by molar-refractivity contribution is 6.74. The molecule has 0 aliphatic carbocycles. The number of ether oxygens (including phenoxy) is 2. The minimum atomic E-state index is -2.12. The molecule has 0 saturated carbocycles. The fourth-order valence-corrected chi connectivity index (χ4v) is 5.90. The first-order chi connectivity index (χ1) is 19.2. The van der Waals surface area contributed by atoms with Crippen LogP contribution in [-0.2, 0) is 25.3 Å². The van der Waals surface area contributed by atoms with Crippen LogP contribution in [0.4, 0.5) is 0 Å². The van der Waals surface area contributed by atoms with Crippen LogP contribution in [-0.4, -0.2) is 39.5 Å². The predicted molar refractivity (Wildman–Crippen MR) is 173 cm³/mol. The summed E-state index contributed by atoms with van der Waals surface area (Å²) in [4.78, 5) is 12.2. The van der Waals surface area contributed by atoms with Crippen molar-refractivity contribution in [1.29, 1.82) is 0 Å². The van der Waals surface area contributed by atoms with Crippen LogP contribution in [0.5, 0.6) is 0 Å². The molecule has 0 amide bonds. The van der Waals surface area contributed by atoms with Crippen molar-refractivity contribution in [2.45, 2.75) is 161 Å². The largest absolute Gasteiger partial charge is 0.408 e. The van der Waals surface area contributed by atoms with E-state index >= 15 is 0 Å². The zero-order chi connectivity index (χ0) is 29.7. The normalized spacial score (nSPS) is 14.6. The Morgan fingerprint density at radius 3 is 1.73 bits per heavy atom. The molecule has 0 unspecified atom stereocenters. The number of carbonyl (C=O) groups excluding carboxylic acids is 1. The van der Waals surface area contributed by atoms with Gasteiger partial charge in [-0.05, 0) is 30.1 Å². The molecule has 0 fully saturated rings. The molecule has 0 heterocycles. The Bertz CT molecular complexity index is 758. The Labute approximate surface area is 248 Å². The van der Waals surface area contributed by atoms with E-state index in [2.05, 4.69) is 47.4 Å². The lowest BCUT2D eigenvalue weighted by Gasteiger charge is -2.41. The zero-order valence-corrected chi connectivity index (χ0v) is 27.9. The van der Waals surface area contributed by atoms with Gasteiger partial charge in [-0.2, -0.15) is 0 Å². The Hall–Kier alpha value is -1.27. The molecule has 0 aromatic heterocycles. The summed E-state index contributed by atoms with van der Waals surface area (Å²) in [5, 5.41) is 0.0318. The van der Waals surface area contributed by atoms with Gasteiger partial charge < -0.3 is 18.7 Å². The van der Waals surface area contributed by atoms with Gasteiger partial charge >= 0.3 is 0 Å². The second-order valence-electron chi connectivity index (χ2n) is 12.9. The first-order valence-corrected chi connectivity index (χ1v) is 19.1. The third kappa shape index (κ3) is 15.7. The maximum absolute atomic E-state index is 12.2. The number of unbranched alkanes of at least 4 members (excludes halogenated alkanes) is 13. The second kappa shape index (κ2) is 21.4. The topological polar surface area (TPSA) is 44.8 Å². The molecule has 0 spiro atoms. The molecular formula is C35H62O4Si. The summed E-state index contributed by atoms with van der Waals surface area (Å²) in [6.07, 6.45) is 19.4. The van der Waals surface area contributed by atoms with Crippen molar-refractivity contribution in [3.8, 4) is 0 Å². The SMILES string of the molecule is C=C[C@@H](O[Si](C)(C)C(C)(C)C)[C@H](OCc1ccccc1)[C@H](C=O)OCCCCCCCCCCCCCCCC. The van der Waals surface area contributed by atoms with E-state index in [1.807, 2.05) is 30.3 Å². The summed E-state index contributed by atoms with van der Waals surface area (Å²) in [6, 6.07) is 10.0. The summed E-state index contributed by atoms with van der Waals surface area (Å²) in [5.74, 6) is 0. The van der Waals surface area contributed by atoms with E-state index in [0.29, 0.717) is 13.2 Å². The van der Waals surface area contributed by atoms with Crippen molar-refractivity contribution in [1.82, 2.24) is 0 Å². The van der Waals surface area contributed by atoms with Crippen molar-refractivity contribution in [2.24, 2.45) is 0 Å². The molecule has 1 rings (SSSR count). The highest BCUT2D eigenvalue weighted by Gasteiger charge is 2.42. The Kier molecular flexibility index (Phi) is 19.7. The lowest BCUT2D eigenvalue weighted by Crippen LogP contribution is -2.50. The maximum atomic E-state index is 12.2. The fraction of sp³-hybridized carbons (Fsp3) is 0.743. The Morgan fingerprint density at radius 2 is 1.27 bits per heavy atom. The van der Waals surface area contributed by atoms with E-state index in [9.17, 15) is 4.79 Å². The molecule has 40 heavy (non-hydrogen) atoms. The quantitative estimate of drug-likeness (QED) is 0.0504. The first kappa shape index (κ1) is 36.8. The third-order valence-corrected chi connectivity index (χ3v) is 12.8. The third-order valence-electron chi connectivity index (χ3n) is 8.34. The van der Waals surface area contributed by atoms with Gasteiger partial charge in [0.2, 0.25) is 0 Å². The summed E-state index contributed by atoms with van der Waals surface area (Å²) in [7, 11) is -2.12. The van der Waals surface area contributed by atoms with Crippen LogP contribution in [0.2, 0.25) is 18.1 Å². The Morgan fingerprint density at radius 1 is 0.775 bits per heavy atom. The van der Waals surface area contributed by atoms with E-state index in [4.69, 9.17) is 13.9 Å². The molecular weight excluding hydrogens is 512 g/mol. The lowest BCUT2D eigenvalue weighted by molar-refractivity contribution is -0.140.